The van der Waals surface area contributed by atoms with Crippen molar-refractivity contribution in [1.29, 1.82) is 0 Å². The summed E-state index contributed by atoms with van der Waals surface area (Å²) in [7, 11) is 0. The average molecular weight is 402 g/mol. The highest BCUT2D eigenvalue weighted by atomic mass is 35.5. The van der Waals surface area contributed by atoms with Gasteiger partial charge in [0.05, 0.1) is 15.8 Å². The first kappa shape index (κ1) is 17.4. The highest BCUT2D eigenvalue weighted by Gasteiger charge is 2.11. The fourth-order valence-corrected chi connectivity index (χ4v) is 3.21. The standard InChI is InChI=1S/C16H11Cl3N2O2S/c17-10-4-6-11(7-5-10)24-9-15-20-14(21-23-15)8-22-16-12(18)2-1-3-13(16)19/h1-7H,8-9H2. The molecule has 3 rings (SSSR count). The third kappa shape index (κ3) is 4.57. The van der Waals surface area contributed by atoms with Gasteiger partial charge in [-0.15, -0.1) is 11.8 Å². The van der Waals surface area contributed by atoms with E-state index in [0.717, 1.165) is 4.90 Å². The van der Waals surface area contributed by atoms with Crippen molar-refractivity contribution >= 4 is 46.6 Å². The lowest BCUT2D eigenvalue weighted by Gasteiger charge is -2.07. The SMILES string of the molecule is Clc1ccc(SCc2nc(COc3c(Cl)cccc3Cl)no2)cc1. The summed E-state index contributed by atoms with van der Waals surface area (Å²) >= 11 is 19.5. The maximum atomic E-state index is 6.04. The number of para-hydroxylation sites is 1. The molecule has 0 amide bonds. The molecule has 0 saturated carbocycles. The van der Waals surface area contributed by atoms with E-state index in [1.54, 1.807) is 30.0 Å². The van der Waals surface area contributed by atoms with Crippen LogP contribution in [0, 0.1) is 0 Å². The highest BCUT2D eigenvalue weighted by Crippen LogP contribution is 2.32. The van der Waals surface area contributed by atoms with Gasteiger partial charge in [0.15, 0.2) is 12.4 Å². The summed E-state index contributed by atoms with van der Waals surface area (Å²) in [5, 5.41) is 5.46. The molecule has 0 unspecified atom stereocenters. The number of aromatic nitrogens is 2. The van der Waals surface area contributed by atoms with Crippen LogP contribution in [-0.2, 0) is 12.4 Å². The van der Waals surface area contributed by atoms with E-state index >= 15 is 0 Å². The minimum atomic E-state index is 0.124. The lowest BCUT2D eigenvalue weighted by atomic mass is 10.3. The summed E-state index contributed by atoms with van der Waals surface area (Å²) < 4.78 is 10.8. The maximum absolute atomic E-state index is 6.04. The molecule has 0 aliphatic carbocycles. The molecule has 0 radical (unpaired) electrons. The number of hydrogen-bond donors (Lipinski definition) is 0. The average Bonchev–Trinajstić information content (AvgIpc) is 3.02. The third-order valence-electron chi connectivity index (χ3n) is 2.95. The van der Waals surface area contributed by atoms with Crippen molar-refractivity contribution in [2.24, 2.45) is 0 Å². The van der Waals surface area contributed by atoms with Crippen molar-refractivity contribution < 1.29 is 9.26 Å². The van der Waals surface area contributed by atoms with Crippen molar-refractivity contribution in [3.8, 4) is 5.75 Å². The third-order valence-corrected chi connectivity index (χ3v) is 4.79. The molecule has 3 aromatic rings. The lowest BCUT2D eigenvalue weighted by Crippen LogP contribution is -1.98. The fourth-order valence-electron chi connectivity index (χ4n) is 1.84. The molecule has 4 nitrogen and oxygen atoms in total. The summed E-state index contributed by atoms with van der Waals surface area (Å²) in [5.41, 5.74) is 0. The van der Waals surface area contributed by atoms with Gasteiger partial charge >= 0.3 is 0 Å². The molecule has 0 spiro atoms. The van der Waals surface area contributed by atoms with Crippen molar-refractivity contribution in [3.63, 3.8) is 0 Å². The van der Waals surface area contributed by atoms with Crippen LogP contribution in [0.2, 0.25) is 15.1 Å². The van der Waals surface area contributed by atoms with Crippen LogP contribution >= 0.6 is 46.6 Å². The first-order chi connectivity index (χ1) is 11.6. The Labute approximate surface area is 158 Å². The Balaban J connectivity index is 1.56. The second-order valence-electron chi connectivity index (χ2n) is 4.69. The van der Waals surface area contributed by atoms with Crippen LogP contribution in [0.15, 0.2) is 51.9 Å². The topological polar surface area (TPSA) is 48.2 Å². The Morgan fingerprint density at radius 3 is 2.42 bits per heavy atom. The van der Waals surface area contributed by atoms with E-state index in [0.29, 0.717) is 38.3 Å². The second-order valence-corrected chi connectivity index (χ2v) is 6.99. The van der Waals surface area contributed by atoms with Crippen molar-refractivity contribution in [1.82, 2.24) is 10.1 Å². The Morgan fingerprint density at radius 2 is 1.71 bits per heavy atom. The predicted molar refractivity (Wildman–Crippen MR) is 96.1 cm³/mol. The van der Waals surface area contributed by atoms with Gasteiger partial charge in [-0.2, -0.15) is 4.98 Å². The van der Waals surface area contributed by atoms with Gasteiger partial charge in [0.25, 0.3) is 0 Å². The zero-order chi connectivity index (χ0) is 16.9. The quantitative estimate of drug-likeness (QED) is 0.481. The Bertz CT molecular complexity index is 804. The number of hydrogen-bond acceptors (Lipinski definition) is 5. The zero-order valence-electron chi connectivity index (χ0n) is 12.2. The van der Waals surface area contributed by atoms with Crippen LogP contribution in [0.1, 0.15) is 11.7 Å². The molecule has 0 fully saturated rings. The summed E-state index contributed by atoms with van der Waals surface area (Å²) in [6.07, 6.45) is 0. The summed E-state index contributed by atoms with van der Waals surface area (Å²) in [4.78, 5) is 5.35. The van der Waals surface area contributed by atoms with Crippen molar-refractivity contribution in [2.45, 2.75) is 17.3 Å². The molecule has 24 heavy (non-hydrogen) atoms. The molecule has 0 aliphatic heterocycles. The minimum absolute atomic E-state index is 0.124. The van der Waals surface area contributed by atoms with Gasteiger partial charge in [-0.3, -0.25) is 0 Å². The number of ether oxygens (including phenoxy) is 1. The van der Waals surface area contributed by atoms with Gasteiger partial charge < -0.3 is 9.26 Å². The monoisotopic (exact) mass is 400 g/mol. The molecule has 8 heteroatoms. The fraction of sp³-hybridized carbons (Fsp3) is 0.125. The minimum Gasteiger partial charge on any atom is -0.482 e. The van der Waals surface area contributed by atoms with E-state index in [1.807, 2.05) is 24.3 Å². The smallest absolute Gasteiger partial charge is 0.237 e. The summed E-state index contributed by atoms with van der Waals surface area (Å²) in [6, 6.07) is 12.7. The molecule has 1 heterocycles. The first-order valence-corrected chi connectivity index (χ1v) is 9.00. The summed E-state index contributed by atoms with van der Waals surface area (Å²) in [6.45, 7) is 0.124. The largest absolute Gasteiger partial charge is 0.482 e. The molecule has 0 bridgehead atoms. The molecule has 0 N–H and O–H groups in total. The van der Waals surface area contributed by atoms with Gasteiger partial charge in [0.2, 0.25) is 11.7 Å². The van der Waals surface area contributed by atoms with Gasteiger partial charge in [0, 0.05) is 9.92 Å². The van der Waals surface area contributed by atoms with Gasteiger partial charge in [-0.1, -0.05) is 46.0 Å². The number of benzene rings is 2. The van der Waals surface area contributed by atoms with E-state index in [-0.39, 0.29) is 6.61 Å². The number of thioether (sulfide) groups is 1. The molecule has 0 aliphatic rings. The molecular formula is C16H11Cl3N2O2S. The van der Waals surface area contributed by atoms with Crippen LogP contribution in [-0.4, -0.2) is 10.1 Å². The second kappa shape index (κ2) is 8.12. The molecular weight excluding hydrogens is 391 g/mol. The van der Waals surface area contributed by atoms with Crippen molar-refractivity contribution in [2.75, 3.05) is 0 Å². The van der Waals surface area contributed by atoms with Crippen LogP contribution in [0.25, 0.3) is 0 Å². The Hall–Kier alpha value is -1.40. The van der Waals surface area contributed by atoms with Crippen LogP contribution < -0.4 is 4.74 Å². The highest BCUT2D eigenvalue weighted by molar-refractivity contribution is 7.98. The van der Waals surface area contributed by atoms with E-state index in [2.05, 4.69) is 10.1 Å². The van der Waals surface area contributed by atoms with Gasteiger partial charge in [-0.25, -0.2) is 0 Å². The predicted octanol–water partition coefficient (Wildman–Crippen LogP) is 5.90. The van der Waals surface area contributed by atoms with Gasteiger partial charge in [0.1, 0.15) is 0 Å². The normalized spacial score (nSPS) is 10.8. The van der Waals surface area contributed by atoms with E-state index in [9.17, 15) is 0 Å². The first-order valence-electron chi connectivity index (χ1n) is 6.88. The number of nitrogens with zero attached hydrogens (tertiary/aromatic N) is 2. The summed E-state index contributed by atoms with van der Waals surface area (Å²) in [5.74, 6) is 1.90. The van der Waals surface area contributed by atoms with Crippen molar-refractivity contribution in [3.05, 3.63) is 69.2 Å². The number of rotatable bonds is 6. The Kier molecular flexibility index (Phi) is 5.89. The van der Waals surface area contributed by atoms with E-state index in [1.165, 1.54) is 0 Å². The van der Waals surface area contributed by atoms with Crippen LogP contribution in [0.5, 0.6) is 5.75 Å². The Morgan fingerprint density at radius 1 is 1.00 bits per heavy atom. The lowest BCUT2D eigenvalue weighted by molar-refractivity contribution is 0.286. The number of halogens is 3. The molecule has 124 valence electrons. The van der Waals surface area contributed by atoms with Gasteiger partial charge in [-0.05, 0) is 36.4 Å². The molecule has 1 aromatic heterocycles. The zero-order valence-corrected chi connectivity index (χ0v) is 15.3. The molecule has 0 atom stereocenters. The van der Waals surface area contributed by atoms with E-state index < -0.39 is 0 Å². The van der Waals surface area contributed by atoms with E-state index in [4.69, 9.17) is 44.1 Å². The van der Waals surface area contributed by atoms with Crippen LogP contribution in [0.4, 0.5) is 0 Å². The molecule has 2 aromatic carbocycles. The van der Waals surface area contributed by atoms with Crippen LogP contribution in [0.3, 0.4) is 0 Å². The maximum Gasteiger partial charge on any atom is 0.237 e. The molecule has 0 saturated heterocycles.